The molecular formula is C12H18F2O4S. The van der Waals surface area contributed by atoms with Gasteiger partial charge in [0.25, 0.3) is 5.92 Å². The van der Waals surface area contributed by atoms with Crippen molar-refractivity contribution in [3.63, 3.8) is 0 Å². The van der Waals surface area contributed by atoms with Gasteiger partial charge in [-0.1, -0.05) is 25.7 Å². The molecule has 2 aliphatic rings. The minimum atomic E-state index is -3.84. The lowest BCUT2D eigenvalue weighted by atomic mass is 9.71. The van der Waals surface area contributed by atoms with Crippen LogP contribution in [0, 0.1) is 11.3 Å². The molecule has 2 rings (SSSR count). The van der Waals surface area contributed by atoms with Gasteiger partial charge in [-0.05, 0) is 18.8 Å². The average molecular weight is 296 g/mol. The van der Waals surface area contributed by atoms with E-state index in [-0.39, 0.29) is 12.3 Å². The van der Waals surface area contributed by atoms with Crippen LogP contribution in [0.2, 0.25) is 0 Å². The van der Waals surface area contributed by atoms with E-state index in [0.717, 1.165) is 25.7 Å². The maximum atomic E-state index is 14.2. The maximum Gasteiger partial charge on any atom is 0.315 e. The van der Waals surface area contributed by atoms with Gasteiger partial charge in [-0.25, -0.2) is 17.2 Å². The van der Waals surface area contributed by atoms with E-state index in [1.807, 2.05) is 0 Å². The highest BCUT2D eigenvalue weighted by Gasteiger charge is 2.64. The number of aliphatic carboxylic acids is 1. The Morgan fingerprint density at radius 1 is 1.26 bits per heavy atom. The van der Waals surface area contributed by atoms with E-state index < -0.39 is 45.1 Å². The SMILES string of the molecule is O=C(O)C1(CC2CCCC2)CCS(=O)(=O)CC1(F)F. The molecule has 7 heteroatoms. The van der Waals surface area contributed by atoms with E-state index in [0.29, 0.717) is 0 Å². The lowest BCUT2D eigenvalue weighted by Crippen LogP contribution is -2.56. The first kappa shape index (κ1) is 14.7. The Hall–Kier alpha value is -0.720. The van der Waals surface area contributed by atoms with Gasteiger partial charge in [0.05, 0.1) is 5.75 Å². The first-order valence-electron chi connectivity index (χ1n) is 6.50. The van der Waals surface area contributed by atoms with Gasteiger partial charge in [0.1, 0.15) is 11.2 Å². The lowest BCUT2D eigenvalue weighted by molar-refractivity contribution is -0.180. The molecule has 0 aromatic rings. The third kappa shape index (κ3) is 2.61. The molecule has 1 aliphatic carbocycles. The van der Waals surface area contributed by atoms with Crippen molar-refractivity contribution in [2.75, 3.05) is 11.5 Å². The van der Waals surface area contributed by atoms with Crippen LogP contribution in [-0.2, 0) is 14.6 Å². The number of sulfone groups is 1. The Kier molecular flexibility index (Phi) is 3.62. The van der Waals surface area contributed by atoms with E-state index in [1.165, 1.54) is 0 Å². The van der Waals surface area contributed by atoms with Gasteiger partial charge < -0.3 is 5.11 Å². The molecule has 0 radical (unpaired) electrons. The summed E-state index contributed by atoms with van der Waals surface area (Å²) in [6.45, 7) is 0. The molecule has 4 nitrogen and oxygen atoms in total. The van der Waals surface area contributed by atoms with Gasteiger partial charge >= 0.3 is 5.97 Å². The van der Waals surface area contributed by atoms with Gasteiger partial charge in [-0.15, -0.1) is 0 Å². The van der Waals surface area contributed by atoms with Crippen LogP contribution in [0.1, 0.15) is 38.5 Å². The maximum absolute atomic E-state index is 14.2. The second kappa shape index (κ2) is 4.68. The molecule has 1 heterocycles. The summed E-state index contributed by atoms with van der Waals surface area (Å²) in [7, 11) is -3.84. The van der Waals surface area contributed by atoms with Crippen LogP contribution in [0.3, 0.4) is 0 Å². The summed E-state index contributed by atoms with van der Waals surface area (Å²) < 4.78 is 51.0. The van der Waals surface area contributed by atoms with Crippen LogP contribution in [0.15, 0.2) is 0 Å². The Morgan fingerprint density at radius 3 is 2.32 bits per heavy atom. The van der Waals surface area contributed by atoms with E-state index in [9.17, 15) is 27.1 Å². The van der Waals surface area contributed by atoms with Crippen LogP contribution < -0.4 is 0 Å². The first-order valence-corrected chi connectivity index (χ1v) is 8.32. The summed E-state index contributed by atoms with van der Waals surface area (Å²) in [5.41, 5.74) is -2.20. The van der Waals surface area contributed by atoms with Crippen LogP contribution >= 0.6 is 0 Å². The van der Waals surface area contributed by atoms with Crippen LogP contribution in [-0.4, -0.2) is 36.9 Å². The fourth-order valence-corrected chi connectivity index (χ4v) is 4.94. The second-order valence-electron chi connectivity index (χ2n) is 5.79. The predicted octanol–water partition coefficient (Wildman–Crippen LogP) is 2.09. The molecule has 1 unspecified atom stereocenters. The van der Waals surface area contributed by atoms with Crippen molar-refractivity contribution in [3.05, 3.63) is 0 Å². The van der Waals surface area contributed by atoms with E-state index >= 15 is 0 Å². The van der Waals surface area contributed by atoms with E-state index in [2.05, 4.69) is 0 Å². The molecule has 19 heavy (non-hydrogen) atoms. The van der Waals surface area contributed by atoms with Gasteiger partial charge in [-0.2, -0.15) is 0 Å². The van der Waals surface area contributed by atoms with Crippen molar-refractivity contribution in [3.8, 4) is 0 Å². The number of carboxylic acid groups (broad SMARTS) is 1. The van der Waals surface area contributed by atoms with Crippen LogP contribution in [0.25, 0.3) is 0 Å². The molecule has 110 valence electrons. The molecule has 1 aliphatic heterocycles. The number of halogens is 2. The molecule has 0 amide bonds. The quantitative estimate of drug-likeness (QED) is 0.865. The van der Waals surface area contributed by atoms with Gasteiger partial charge in [0, 0.05) is 0 Å². The first-order chi connectivity index (χ1) is 8.69. The third-order valence-electron chi connectivity index (χ3n) is 4.46. The van der Waals surface area contributed by atoms with Crippen molar-refractivity contribution in [1.29, 1.82) is 0 Å². The highest BCUT2D eigenvalue weighted by Crippen LogP contribution is 2.51. The van der Waals surface area contributed by atoms with Crippen molar-refractivity contribution in [2.45, 2.75) is 44.4 Å². The Balaban J connectivity index is 2.30. The summed E-state index contributed by atoms with van der Waals surface area (Å²) >= 11 is 0. The number of hydrogen-bond donors (Lipinski definition) is 1. The zero-order chi connectivity index (χ0) is 14.3. The van der Waals surface area contributed by atoms with Crippen molar-refractivity contribution in [2.24, 2.45) is 11.3 Å². The van der Waals surface area contributed by atoms with Gasteiger partial charge in [-0.3, -0.25) is 4.79 Å². The summed E-state index contributed by atoms with van der Waals surface area (Å²) in [5.74, 6) is -7.05. The predicted molar refractivity (Wildman–Crippen MR) is 64.9 cm³/mol. The second-order valence-corrected chi connectivity index (χ2v) is 7.97. The van der Waals surface area contributed by atoms with Crippen LogP contribution in [0.4, 0.5) is 8.78 Å². The van der Waals surface area contributed by atoms with Gasteiger partial charge in [0.15, 0.2) is 9.84 Å². The fourth-order valence-electron chi connectivity index (χ4n) is 3.31. The normalized spacial score (nSPS) is 34.2. The standard InChI is InChI=1S/C12H18F2O4S/c13-12(14)8-19(17,18)6-5-11(12,10(15)16)7-9-3-1-2-4-9/h9H,1-8H2,(H,15,16). The lowest BCUT2D eigenvalue weighted by Gasteiger charge is -2.41. The molecule has 1 atom stereocenters. The number of alkyl halides is 2. The Labute approximate surface area is 111 Å². The number of carboxylic acids is 1. The molecule has 0 spiro atoms. The summed E-state index contributed by atoms with van der Waals surface area (Å²) in [6.07, 6.45) is 2.81. The third-order valence-corrected chi connectivity index (χ3v) is 6.09. The van der Waals surface area contributed by atoms with Gasteiger partial charge in [0.2, 0.25) is 0 Å². The summed E-state index contributed by atoms with van der Waals surface area (Å²) in [6, 6.07) is 0. The van der Waals surface area contributed by atoms with E-state index in [4.69, 9.17) is 0 Å². The topological polar surface area (TPSA) is 71.4 Å². The average Bonchev–Trinajstić information content (AvgIpc) is 2.72. The molecule has 0 bridgehead atoms. The van der Waals surface area contributed by atoms with Crippen LogP contribution in [0.5, 0.6) is 0 Å². The fraction of sp³-hybridized carbons (Fsp3) is 0.917. The summed E-state index contributed by atoms with van der Waals surface area (Å²) in [4.78, 5) is 11.4. The highest BCUT2D eigenvalue weighted by molar-refractivity contribution is 7.91. The molecule has 0 aromatic carbocycles. The largest absolute Gasteiger partial charge is 0.481 e. The zero-order valence-electron chi connectivity index (χ0n) is 10.6. The number of carbonyl (C=O) groups is 1. The molecule has 1 N–H and O–H groups in total. The smallest absolute Gasteiger partial charge is 0.315 e. The monoisotopic (exact) mass is 296 g/mol. The zero-order valence-corrected chi connectivity index (χ0v) is 11.4. The van der Waals surface area contributed by atoms with E-state index in [1.54, 1.807) is 0 Å². The molecule has 0 aromatic heterocycles. The number of hydrogen-bond acceptors (Lipinski definition) is 3. The van der Waals surface area contributed by atoms with Crippen molar-refractivity contribution in [1.82, 2.24) is 0 Å². The Bertz CT molecular complexity index is 468. The molecule has 2 fully saturated rings. The number of rotatable bonds is 3. The molecule has 1 saturated carbocycles. The van der Waals surface area contributed by atoms with Crippen molar-refractivity contribution >= 4 is 15.8 Å². The molecule has 1 saturated heterocycles. The minimum Gasteiger partial charge on any atom is -0.481 e. The van der Waals surface area contributed by atoms with Crippen molar-refractivity contribution < 1.29 is 27.1 Å². The Morgan fingerprint density at radius 2 is 1.84 bits per heavy atom. The highest BCUT2D eigenvalue weighted by atomic mass is 32.2. The minimum absolute atomic E-state index is 0.0252. The summed E-state index contributed by atoms with van der Waals surface area (Å²) in [5, 5.41) is 9.28. The molecular weight excluding hydrogens is 278 g/mol.